The molecule has 0 aliphatic heterocycles. The fourth-order valence-corrected chi connectivity index (χ4v) is 3.44. The molecule has 1 heterocycles. The van der Waals surface area contributed by atoms with Crippen molar-refractivity contribution in [1.82, 2.24) is 15.0 Å². The summed E-state index contributed by atoms with van der Waals surface area (Å²) in [6.07, 6.45) is 1.54. The second-order valence-electron chi connectivity index (χ2n) is 4.88. The molecule has 0 amide bonds. The highest BCUT2D eigenvalue weighted by molar-refractivity contribution is 7.89. The van der Waals surface area contributed by atoms with Crippen molar-refractivity contribution in [2.24, 2.45) is 0 Å². The lowest BCUT2D eigenvalue weighted by atomic mass is 10.1. The minimum atomic E-state index is -3.62. The summed E-state index contributed by atoms with van der Waals surface area (Å²) in [5, 5.41) is 7.31. The van der Waals surface area contributed by atoms with Crippen LogP contribution in [0.4, 0.5) is 0 Å². The number of rotatable bonds is 6. The quantitative estimate of drug-likeness (QED) is 0.704. The second-order valence-corrected chi connectivity index (χ2v) is 6.61. The van der Waals surface area contributed by atoms with Crippen LogP contribution in [0.5, 0.6) is 0 Å². The van der Waals surface area contributed by atoms with Gasteiger partial charge in [0.1, 0.15) is 10.4 Å². The average molecular weight is 317 g/mol. The van der Waals surface area contributed by atoms with Crippen LogP contribution in [0.1, 0.15) is 12.0 Å². The number of nitrogens with one attached hydrogen (secondary N) is 1. The molecule has 0 saturated carbocycles. The normalized spacial score (nSPS) is 11.8. The van der Waals surface area contributed by atoms with E-state index in [2.05, 4.69) is 19.7 Å². The summed E-state index contributed by atoms with van der Waals surface area (Å²) >= 11 is 0. The predicted molar refractivity (Wildman–Crippen MR) is 81.8 cm³/mol. The molecule has 0 radical (unpaired) electrons. The number of aromatic nitrogens is 2. The molecule has 6 nitrogen and oxygen atoms in total. The van der Waals surface area contributed by atoms with Crippen LogP contribution in [0, 0.1) is 0 Å². The zero-order chi connectivity index (χ0) is 15.4. The minimum absolute atomic E-state index is 0.0889. The molecule has 0 saturated heterocycles. The van der Waals surface area contributed by atoms with Crippen molar-refractivity contribution in [3.05, 3.63) is 54.1 Å². The maximum Gasteiger partial charge on any atom is 0.242 e. The molecular formula is C15H15N3O3S. The van der Waals surface area contributed by atoms with E-state index in [1.807, 2.05) is 30.3 Å². The third-order valence-electron chi connectivity index (χ3n) is 3.32. The maximum atomic E-state index is 12.3. The van der Waals surface area contributed by atoms with Crippen molar-refractivity contribution in [1.29, 1.82) is 0 Å². The lowest BCUT2D eigenvalue weighted by Crippen LogP contribution is -2.25. The number of fused-ring (bicyclic) bond motifs is 1. The Balaban J connectivity index is 1.65. The minimum Gasteiger partial charge on any atom is -0.243 e. The Labute approximate surface area is 128 Å². The Hall–Kier alpha value is -2.25. The van der Waals surface area contributed by atoms with Gasteiger partial charge in [-0.15, -0.1) is 0 Å². The number of hydrogen-bond donors (Lipinski definition) is 1. The van der Waals surface area contributed by atoms with Crippen molar-refractivity contribution in [2.45, 2.75) is 17.7 Å². The Kier molecular flexibility index (Phi) is 4.17. The molecule has 2 aromatic carbocycles. The van der Waals surface area contributed by atoms with Crippen molar-refractivity contribution in [3.63, 3.8) is 0 Å². The highest BCUT2D eigenvalue weighted by Gasteiger charge is 2.19. The third kappa shape index (κ3) is 3.15. The molecule has 3 aromatic rings. The third-order valence-corrected chi connectivity index (χ3v) is 4.81. The first-order valence-corrected chi connectivity index (χ1v) is 8.40. The van der Waals surface area contributed by atoms with E-state index in [1.165, 1.54) is 11.6 Å². The highest BCUT2D eigenvalue weighted by atomic mass is 32.2. The van der Waals surface area contributed by atoms with Gasteiger partial charge in [-0.1, -0.05) is 36.4 Å². The van der Waals surface area contributed by atoms with Gasteiger partial charge in [0.15, 0.2) is 5.52 Å². The Morgan fingerprint density at radius 3 is 2.64 bits per heavy atom. The van der Waals surface area contributed by atoms with E-state index < -0.39 is 10.0 Å². The van der Waals surface area contributed by atoms with Gasteiger partial charge in [-0.05, 0) is 40.9 Å². The van der Waals surface area contributed by atoms with Gasteiger partial charge in [0, 0.05) is 6.54 Å². The van der Waals surface area contributed by atoms with Crippen LogP contribution < -0.4 is 4.72 Å². The first-order chi connectivity index (χ1) is 10.7. The molecule has 0 spiro atoms. The van der Waals surface area contributed by atoms with Gasteiger partial charge in [0.2, 0.25) is 10.0 Å². The molecule has 0 atom stereocenters. The van der Waals surface area contributed by atoms with Crippen LogP contribution in [0.25, 0.3) is 11.0 Å². The van der Waals surface area contributed by atoms with Gasteiger partial charge >= 0.3 is 0 Å². The van der Waals surface area contributed by atoms with Crippen molar-refractivity contribution in [2.75, 3.05) is 6.54 Å². The molecule has 1 N–H and O–H groups in total. The monoisotopic (exact) mass is 317 g/mol. The number of sulfonamides is 1. The summed E-state index contributed by atoms with van der Waals surface area (Å²) in [6, 6.07) is 14.7. The van der Waals surface area contributed by atoms with Crippen LogP contribution >= 0.6 is 0 Å². The fourth-order valence-electron chi connectivity index (χ4n) is 2.22. The molecule has 114 valence electrons. The molecule has 0 bridgehead atoms. The standard InChI is InChI=1S/C15H15N3O3S/c19-22(20,14-10-4-9-13-15(14)18-21-17-13)16-11-5-8-12-6-2-1-3-7-12/h1-4,6-7,9-10,16H,5,8,11H2. The highest BCUT2D eigenvalue weighted by Crippen LogP contribution is 2.19. The van der Waals surface area contributed by atoms with E-state index in [0.717, 1.165) is 12.8 Å². The van der Waals surface area contributed by atoms with E-state index in [9.17, 15) is 8.42 Å². The van der Waals surface area contributed by atoms with Crippen molar-refractivity contribution >= 4 is 21.1 Å². The van der Waals surface area contributed by atoms with Crippen LogP contribution in [0.15, 0.2) is 58.1 Å². The second kappa shape index (κ2) is 6.25. The Bertz CT molecular complexity index is 860. The molecule has 7 heteroatoms. The zero-order valence-corrected chi connectivity index (χ0v) is 12.6. The molecule has 0 unspecified atom stereocenters. The van der Waals surface area contributed by atoms with Gasteiger partial charge in [-0.25, -0.2) is 17.8 Å². The van der Waals surface area contributed by atoms with Gasteiger partial charge in [0.05, 0.1) is 0 Å². The predicted octanol–water partition coefficient (Wildman–Crippen LogP) is 2.13. The number of aryl methyl sites for hydroxylation is 1. The zero-order valence-electron chi connectivity index (χ0n) is 11.8. The van der Waals surface area contributed by atoms with E-state index >= 15 is 0 Å². The van der Waals surface area contributed by atoms with E-state index in [0.29, 0.717) is 12.1 Å². The summed E-state index contributed by atoms with van der Waals surface area (Å²) in [5.41, 5.74) is 1.86. The summed E-state index contributed by atoms with van der Waals surface area (Å²) in [5.74, 6) is 0. The average Bonchev–Trinajstić information content (AvgIpc) is 3.01. The first kappa shape index (κ1) is 14.7. The molecule has 1 aromatic heterocycles. The molecule has 0 aliphatic carbocycles. The maximum absolute atomic E-state index is 12.3. The lowest BCUT2D eigenvalue weighted by Gasteiger charge is -2.06. The Morgan fingerprint density at radius 1 is 1.00 bits per heavy atom. The number of benzene rings is 2. The Morgan fingerprint density at radius 2 is 1.82 bits per heavy atom. The van der Waals surface area contributed by atoms with Crippen LogP contribution in [-0.2, 0) is 16.4 Å². The lowest BCUT2D eigenvalue weighted by molar-refractivity contribution is 0.315. The first-order valence-electron chi connectivity index (χ1n) is 6.92. The summed E-state index contributed by atoms with van der Waals surface area (Å²) in [4.78, 5) is 0.0889. The van der Waals surface area contributed by atoms with Crippen molar-refractivity contribution in [3.8, 4) is 0 Å². The molecule has 0 fully saturated rings. The van der Waals surface area contributed by atoms with Gasteiger partial charge < -0.3 is 0 Å². The smallest absolute Gasteiger partial charge is 0.242 e. The molecular weight excluding hydrogens is 302 g/mol. The summed E-state index contributed by atoms with van der Waals surface area (Å²) < 4.78 is 31.9. The van der Waals surface area contributed by atoms with Crippen LogP contribution in [-0.4, -0.2) is 25.3 Å². The van der Waals surface area contributed by atoms with E-state index in [1.54, 1.807) is 12.1 Å². The van der Waals surface area contributed by atoms with Crippen LogP contribution in [0.3, 0.4) is 0 Å². The summed E-state index contributed by atoms with van der Waals surface area (Å²) in [6.45, 7) is 0.360. The molecule has 3 rings (SSSR count). The largest absolute Gasteiger partial charge is 0.243 e. The number of hydrogen-bond acceptors (Lipinski definition) is 5. The summed E-state index contributed by atoms with van der Waals surface area (Å²) in [7, 11) is -3.62. The fraction of sp³-hybridized carbons (Fsp3) is 0.200. The number of nitrogens with zero attached hydrogens (tertiary/aromatic N) is 2. The molecule has 0 aliphatic rings. The molecule has 22 heavy (non-hydrogen) atoms. The van der Waals surface area contributed by atoms with Gasteiger partial charge in [0.25, 0.3) is 0 Å². The van der Waals surface area contributed by atoms with Crippen LogP contribution in [0.2, 0.25) is 0 Å². The van der Waals surface area contributed by atoms with E-state index in [4.69, 9.17) is 0 Å². The van der Waals surface area contributed by atoms with Gasteiger partial charge in [-0.3, -0.25) is 0 Å². The van der Waals surface area contributed by atoms with Crippen molar-refractivity contribution < 1.29 is 13.0 Å². The topological polar surface area (TPSA) is 85.1 Å². The van der Waals surface area contributed by atoms with Gasteiger partial charge in [-0.2, -0.15) is 0 Å². The van der Waals surface area contributed by atoms with E-state index in [-0.39, 0.29) is 10.4 Å². The SMILES string of the molecule is O=S(=O)(NCCCc1ccccc1)c1cccc2nonc12.